The number of benzene rings is 5. The average Bonchev–Trinajstić information content (AvgIpc) is 2.68. The predicted octanol–water partition coefficient (Wildman–Crippen LogP) is 7.88. The van der Waals surface area contributed by atoms with E-state index in [1.54, 1.807) is 0 Å². The lowest BCUT2D eigenvalue weighted by atomic mass is 9.90. The van der Waals surface area contributed by atoms with Crippen molar-refractivity contribution in [1.29, 1.82) is 0 Å². The summed E-state index contributed by atoms with van der Waals surface area (Å²) in [4.78, 5) is 0. The van der Waals surface area contributed by atoms with Crippen molar-refractivity contribution in [2.75, 3.05) is 0 Å². The summed E-state index contributed by atoms with van der Waals surface area (Å²) in [7, 11) is 0. The molecule has 0 heterocycles. The first-order valence-electron chi connectivity index (χ1n) is 8.82. The van der Waals surface area contributed by atoms with E-state index in [4.69, 9.17) is 0 Å². The maximum Gasteiger partial charge on any atom is 0.0332 e. The fraction of sp³-hybridized carbons (Fsp3) is 0.0400. The SMILES string of the molecule is Cc1ccc2c(Br)c3ccccc3c(-c3ccc4ccccc4c3)c2c1. The first-order chi connectivity index (χ1) is 12.7. The van der Waals surface area contributed by atoms with Gasteiger partial charge in [0.25, 0.3) is 0 Å². The molecule has 26 heavy (non-hydrogen) atoms. The van der Waals surface area contributed by atoms with Crippen molar-refractivity contribution in [2.45, 2.75) is 6.92 Å². The van der Waals surface area contributed by atoms with Crippen LogP contribution in [-0.4, -0.2) is 0 Å². The summed E-state index contributed by atoms with van der Waals surface area (Å²) in [6.45, 7) is 2.16. The van der Waals surface area contributed by atoms with Crippen LogP contribution in [0, 0.1) is 6.92 Å². The lowest BCUT2D eigenvalue weighted by Crippen LogP contribution is -1.88. The van der Waals surface area contributed by atoms with Crippen molar-refractivity contribution in [3.63, 3.8) is 0 Å². The summed E-state index contributed by atoms with van der Waals surface area (Å²) in [5, 5.41) is 7.65. The van der Waals surface area contributed by atoms with E-state index >= 15 is 0 Å². The maximum atomic E-state index is 3.85. The molecule has 0 spiro atoms. The molecule has 0 atom stereocenters. The molecule has 0 amide bonds. The Kier molecular flexibility index (Phi) is 3.58. The third-order valence-electron chi connectivity index (χ3n) is 5.15. The van der Waals surface area contributed by atoms with Crippen molar-refractivity contribution in [3.05, 3.63) is 95.0 Å². The van der Waals surface area contributed by atoms with E-state index in [1.807, 2.05) is 0 Å². The van der Waals surface area contributed by atoms with E-state index in [0.717, 1.165) is 0 Å². The van der Waals surface area contributed by atoms with Gasteiger partial charge in [0.15, 0.2) is 0 Å². The van der Waals surface area contributed by atoms with Crippen molar-refractivity contribution in [1.82, 2.24) is 0 Å². The van der Waals surface area contributed by atoms with Gasteiger partial charge in [-0.3, -0.25) is 0 Å². The van der Waals surface area contributed by atoms with Crippen LogP contribution >= 0.6 is 15.9 Å². The van der Waals surface area contributed by atoms with Gasteiger partial charge in [0.1, 0.15) is 0 Å². The number of aryl methyl sites for hydroxylation is 1. The van der Waals surface area contributed by atoms with E-state index in [-0.39, 0.29) is 0 Å². The molecular weight excluding hydrogens is 380 g/mol. The van der Waals surface area contributed by atoms with Crippen LogP contribution in [0.4, 0.5) is 0 Å². The van der Waals surface area contributed by atoms with E-state index in [1.165, 1.54) is 53.5 Å². The van der Waals surface area contributed by atoms with Crippen molar-refractivity contribution < 1.29 is 0 Å². The zero-order valence-corrected chi connectivity index (χ0v) is 16.0. The number of hydrogen-bond acceptors (Lipinski definition) is 0. The Bertz CT molecular complexity index is 1300. The van der Waals surface area contributed by atoms with Gasteiger partial charge in [-0.25, -0.2) is 0 Å². The molecule has 0 bridgehead atoms. The summed E-state index contributed by atoms with van der Waals surface area (Å²) < 4.78 is 1.17. The van der Waals surface area contributed by atoms with Crippen LogP contribution in [0.25, 0.3) is 43.4 Å². The van der Waals surface area contributed by atoms with Gasteiger partial charge in [-0.2, -0.15) is 0 Å². The zero-order valence-electron chi connectivity index (χ0n) is 14.5. The van der Waals surface area contributed by atoms with Crippen LogP contribution in [0.3, 0.4) is 0 Å². The molecule has 5 aromatic rings. The van der Waals surface area contributed by atoms with E-state index in [9.17, 15) is 0 Å². The Labute approximate surface area is 161 Å². The molecule has 0 fully saturated rings. The number of hydrogen-bond donors (Lipinski definition) is 0. The molecular formula is C25H17Br. The summed E-state index contributed by atoms with van der Waals surface area (Å²) >= 11 is 3.85. The minimum Gasteiger partial charge on any atom is -0.0616 e. The molecule has 0 unspecified atom stereocenters. The highest BCUT2D eigenvalue weighted by Gasteiger charge is 2.14. The molecule has 0 N–H and O–H groups in total. The van der Waals surface area contributed by atoms with Crippen LogP contribution in [0.15, 0.2) is 89.4 Å². The number of halogens is 1. The van der Waals surface area contributed by atoms with E-state index < -0.39 is 0 Å². The topological polar surface area (TPSA) is 0 Å². The summed E-state index contributed by atoms with van der Waals surface area (Å²) in [6.07, 6.45) is 0. The quantitative estimate of drug-likeness (QED) is 0.252. The third-order valence-corrected chi connectivity index (χ3v) is 6.01. The van der Waals surface area contributed by atoms with Crippen LogP contribution < -0.4 is 0 Å². The smallest absolute Gasteiger partial charge is 0.0332 e. The third kappa shape index (κ3) is 2.35. The van der Waals surface area contributed by atoms with Gasteiger partial charge >= 0.3 is 0 Å². The molecule has 0 saturated heterocycles. The highest BCUT2D eigenvalue weighted by Crippen LogP contribution is 2.42. The fourth-order valence-electron chi connectivity index (χ4n) is 3.89. The largest absolute Gasteiger partial charge is 0.0616 e. The Hall–Kier alpha value is -2.64. The van der Waals surface area contributed by atoms with Crippen molar-refractivity contribution in [2.24, 2.45) is 0 Å². The van der Waals surface area contributed by atoms with Gasteiger partial charge in [-0.05, 0) is 72.4 Å². The lowest BCUT2D eigenvalue weighted by Gasteiger charge is -2.15. The van der Waals surface area contributed by atoms with Crippen LogP contribution in [-0.2, 0) is 0 Å². The fourth-order valence-corrected chi connectivity index (χ4v) is 4.59. The van der Waals surface area contributed by atoms with Gasteiger partial charge in [0, 0.05) is 4.47 Å². The summed E-state index contributed by atoms with van der Waals surface area (Å²) in [6, 6.07) is 30.7. The molecule has 5 aromatic carbocycles. The Balaban J connectivity index is 1.98. The van der Waals surface area contributed by atoms with Gasteiger partial charge in [-0.15, -0.1) is 0 Å². The van der Waals surface area contributed by atoms with Crippen LogP contribution in [0.5, 0.6) is 0 Å². The molecule has 124 valence electrons. The second kappa shape index (κ2) is 5.96. The monoisotopic (exact) mass is 396 g/mol. The molecule has 0 saturated carbocycles. The highest BCUT2D eigenvalue weighted by molar-refractivity contribution is 9.10. The first kappa shape index (κ1) is 15.6. The van der Waals surface area contributed by atoms with Crippen LogP contribution in [0.2, 0.25) is 0 Å². The normalized spacial score (nSPS) is 11.5. The van der Waals surface area contributed by atoms with Crippen LogP contribution in [0.1, 0.15) is 5.56 Å². The Morgan fingerprint density at radius 3 is 2.12 bits per heavy atom. The van der Waals surface area contributed by atoms with E-state index in [0.29, 0.717) is 0 Å². The van der Waals surface area contributed by atoms with Crippen molar-refractivity contribution >= 4 is 48.2 Å². The highest BCUT2D eigenvalue weighted by atomic mass is 79.9. The standard InChI is InChI=1S/C25H17Br/c1-16-10-13-22-23(14-16)24(20-8-4-5-9-21(20)25(22)26)19-12-11-17-6-2-3-7-18(17)15-19/h2-15H,1H3. The molecule has 0 aliphatic heterocycles. The average molecular weight is 397 g/mol. The molecule has 0 nitrogen and oxygen atoms in total. The maximum absolute atomic E-state index is 3.85. The van der Waals surface area contributed by atoms with Crippen molar-refractivity contribution in [3.8, 4) is 11.1 Å². The molecule has 5 rings (SSSR count). The van der Waals surface area contributed by atoms with Gasteiger partial charge in [-0.1, -0.05) is 84.4 Å². The molecule has 0 aromatic heterocycles. The van der Waals surface area contributed by atoms with E-state index in [2.05, 4.69) is 108 Å². The molecule has 0 radical (unpaired) electrons. The minimum atomic E-state index is 1.17. The number of rotatable bonds is 1. The van der Waals surface area contributed by atoms with Gasteiger partial charge in [0.05, 0.1) is 0 Å². The lowest BCUT2D eigenvalue weighted by molar-refractivity contribution is 1.51. The summed E-state index contributed by atoms with van der Waals surface area (Å²) in [5.41, 5.74) is 3.86. The molecule has 1 heteroatoms. The van der Waals surface area contributed by atoms with Gasteiger partial charge < -0.3 is 0 Å². The minimum absolute atomic E-state index is 1.17. The Morgan fingerprint density at radius 2 is 1.27 bits per heavy atom. The number of fused-ring (bicyclic) bond motifs is 3. The second-order valence-corrected chi connectivity index (χ2v) is 7.64. The first-order valence-corrected chi connectivity index (χ1v) is 9.61. The molecule has 0 aliphatic carbocycles. The second-order valence-electron chi connectivity index (χ2n) is 6.85. The van der Waals surface area contributed by atoms with Gasteiger partial charge in [0.2, 0.25) is 0 Å². The zero-order chi connectivity index (χ0) is 17.7. The molecule has 0 aliphatic rings. The summed E-state index contributed by atoms with van der Waals surface area (Å²) in [5.74, 6) is 0. The Morgan fingerprint density at radius 1 is 0.577 bits per heavy atom. The predicted molar refractivity (Wildman–Crippen MR) is 117 cm³/mol.